The zero-order valence-electron chi connectivity index (χ0n) is 10.1. The van der Waals surface area contributed by atoms with E-state index in [4.69, 9.17) is 11.6 Å². The summed E-state index contributed by atoms with van der Waals surface area (Å²) in [6.07, 6.45) is 3.50. The van der Waals surface area contributed by atoms with Gasteiger partial charge in [0.15, 0.2) is 5.82 Å². The van der Waals surface area contributed by atoms with Crippen LogP contribution < -0.4 is 5.32 Å². The van der Waals surface area contributed by atoms with Crippen molar-refractivity contribution in [2.45, 2.75) is 32.4 Å². The number of fused-ring (bicyclic) bond motifs is 1. The molecule has 18 heavy (non-hydrogen) atoms. The Hall–Kier alpha value is -1.55. The van der Waals surface area contributed by atoms with E-state index in [0.29, 0.717) is 6.54 Å². The molecule has 3 rings (SSSR count). The zero-order chi connectivity index (χ0) is 12.4. The number of anilines is 1. The van der Waals surface area contributed by atoms with E-state index in [9.17, 15) is 0 Å². The van der Waals surface area contributed by atoms with Gasteiger partial charge in [0.05, 0.1) is 6.54 Å². The molecule has 1 aromatic heterocycles. The summed E-state index contributed by atoms with van der Waals surface area (Å²) in [6.45, 7) is 1.74. The first kappa shape index (κ1) is 11.5. The van der Waals surface area contributed by atoms with Crippen molar-refractivity contribution in [3.8, 4) is 0 Å². The number of aryl methyl sites for hydroxylation is 1. The number of halogens is 1. The molecule has 0 amide bonds. The molecule has 0 spiro atoms. The van der Waals surface area contributed by atoms with Crippen molar-refractivity contribution in [3.63, 3.8) is 0 Å². The molecule has 5 heteroatoms. The lowest BCUT2D eigenvalue weighted by atomic mass is 10.2. The summed E-state index contributed by atoms with van der Waals surface area (Å²) in [6, 6.07) is 7.69. The molecule has 2 heterocycles. The van der Waals surface area contributed by atoms with Gasteiger partial charge in [0.25, 0.3) is 0 Å². The second kappa shape index (κ2) is 4.98. The van der Waals surface area contributed by atoms with Crippen LogP contribution in [-0.2, 0) is 19.5 Å². The van der Waals surface area contributed by atoms with Crippen LogP contribution in [0.25, 0.3) is 0 Å². The summed E-state index contributed by atoms with van der Waals surface area (Å²) in [5.74, 6) is 2.13. The van der Waals surface area contributed by atoms with E-state index >= 15 is 0 Å². The van der Waals surface area contributed by atoms with Crippen LogP contribution in [0.1, 0.15) is 24.5 Å². The van der Waals surface area contributed by atoms with Gasteiger partial charge in [-0.15, -0.1) is 10.2 Å². The number of rotatable bonds is 3. The van der Waals surface area contributed by atoms with Gasteiger partial charge >= 0.3 is 0 Å². The van der Waals surface area contributed by atoms with Crippen molar-refractivity contribution in [1.82, 2.24) is 14.8 Å². The number of hydrogen-bond acceptors (Lipinski definition) is 3. The van der Waals surface area contributed by atoms with Gasteiger partial charge in [-0.1, -0.05) is 11.6 Å². The van der Waals surface area contributed by atoms with E-state index in [-0.39, 0.29) is 0 Å². The molecule has 0 radical (unpaired) electrons. The third-order valence-electron chi connectivity index (χ3n) is 3.23. The lowest BCUT2D eigenvalue weighted by Gasteiger charge is -2.15. The molecule has 4 nitrogen and oxygen atoms in total. The van der Waals surface area contributed by atoms with Gasteiger partial charge in [-0.3, -0.25) is 0 Å². The first-order valence-electron chi connectivity index (χ1n) is 6.23. The van der Waals surface area contributed by atoms with Crippen molar-refractivity contribution in [2.24, 2.45) is 0 Å². The highest BCUT2D eigenvalue weighted by molar-refractivity contribution is 6.30. The minimum atomic E-state index is 0.703. The molecule has 2 aromatic rings. The molecule has 0 atom stereocenters. The predicted molar refractivity (Wildman–Crippen MR) is 71.7 cm³/mol. The molecule has 0 saturated carbocycles. The second-order valence-corrected chi connectivity index (χ2v) is 4.94. The summed E-state index contributed by atoms with van der Waals surface area (Å²) in [4.78, 5) is 0. The normalized spacial score (nSPS) is 14.3. The third kappa shape index (κ3) is 2.34. The molecule has 0 saturated heterocycles. The predicted octanol–water partition coefficient (Wildman–Crippen LogP) is 2.88. The summed E-state index contributed by atoms with van der Waals surface area (Å²) < 4.78 is 2.23. The molecule has 1 aliphatic rings. The first-order chi connectivity index (χ1) is 8.83. The Morgan fingerprint density at radius 2 is 2.00 bits per heavy atom. The Balaban J connectivity index is 1.70. The quantitative estimate of drug-likeness (QED) is 0.925. The average Bonchev–Trinajstić information content (AvgIpc) is 2.82. The molecule has 0 aliphatic carbocycles. The van der Waals surface area contributed by atoms with E-state index in [1.807, 2.05) is 24.3 Å². The minimum absolute atomic E-state index is 0.703. The number of nitrogens with one attached hydrogen (secondary N) is 1. The SMILES string of the molecule is Clc1ccc(NCc2nnc3n2CCCC3)cc1. The van der Waals surface area contributed by atoms with E-state index in [0.717, 1.165) is 35.3 Å². The van der Waals surface area contributed by atoms with Crippen LogP contribution in [0.4, 0.5) is 5.69 Å². The van der Waals surface area contributed by atoms with Crippen LogP contribution >= 0.6 is 11.6 Å². The van der Waals surface area contributed by atoms with Gasteiger partial charge in [0.1, 0.15) is 5.82 Å². The van der Waals surface area contributed by atoms with E-state index in [1.54, 1.807) is 0 Å². The lowest BCUT2D eigenvalue weighted by molar-refractivity contribution is 0.510. The maximum Gasteiger partial charge on any atom is 0.152 e. The van der Waals surface area contributed by atoms with Crippen LogP contribution in [0.5, 0.6) is 0 Å². The summed E-state index contributed by atoms with van der Waals surface area (Å²) in [5.41, 5.74) is 1.05. The zero-order valence-corrected chi connectivity index (χ0v) is 10.8. The van der Waals surface area contributed by atoms with Crippen LogP contribution in [0.15, 0.2) is 24.3 Å². The van der Waals surface area contributed by atoms with Crippen LogP contribution in [0.3, 0.4) is 0 Å². The standard InChI is InChI=1S/C13H15ClN4/c14-10-4-6-11(7-5-10)15-9-13-17-16-12-3-1-2-8-18(12)13/h4-7,15H,1-3,8-9H2. The molecular weight excluding hydrogens is 248 g/mol. The van der Waals surface area contributed by atoms with Gasteiger partial charge in [0, 0.05) is 23.7 Å². The molecular formula is C13H15ClN4. The fourth-order valence-corrected chi connectivity index (χ4v) is 2.37. The van der Waals surface area contributed by atoms with Gasteiger partial charge in [0.2, 0.25) is 0 Å². The fourth-order valence-electron chi connectivity index (χ4n) is 2.25. The Labute approximate surface area is 111 Å². The Bertz CT molecular complexity index is 532. The van der Waals surface area contributed by atoms with Crippen molar-refractivity contribution in [3.05, 3.63) is 40.9 Å². The van der Waals surface area contributed by atoms with Gasteiger partial charge in [-0.25, -0.2) is 0 Å². The Kier molecular flexibility index (Phi) is 3.19. The van der Waals surface area contributed by atoms with Crippen LogP contribution in [0.2, 0.25) is 5.02 Å². The topological polar surface area (TPSA) is 42.7 Å². The van der Waals surface area contributed by atoms with Crippen molar-refractivity contribution in [2.75, 3.05) is 5.32 Å². The average molecular weight is 263 g/mol. The third-order valence-corrected chi connectivity index (χ3v) is 3.48. The molecule has 1 N–H and O–H groups in total. The van der Waals surface area contributed by atoms with E-state index in [2.05, 4.69) is 20.1 Å². The number of aromatic nitrogens is 3. The van der Waals surface area contributed by atoms with Crippen LogP contribution in [-0.4, -0.2) is 14.8 Å². The van der Waals surface area contributed by atoms with Gasteiger partial charge in [-0.2, -0.15) is 0 Å². The molecule has 0 bridgehead atoms. The summed E-state index contributed by atoms with van der Waals surface area (Å²) in [5, 5.41) is 12.6. The molecule has 1 aromatic carbocycles. The largest absolute Gasteiger partial charge is 0.378 e. The highest BCUT2D eigenvalue weighted by Crippen LogP contribution is 2.17. The second-order valence-electron chi connectivity index (χ2n) is 4.50. The Morgan fingerprint density at radius 1 is 1.17 bits per heavy atom. The molecule has 1 aliphatic heterocycles. The number of hydrogen-bond donors (Lipinski definition) is 1. The van der Waals surface area contributed by atoms with Crippen LogP contribution in [0, 0.1) is 0 Å². The molecule has 0 unspecified atom stereocenters. The van der Waals surface area contributed by atoms with Crippen molar-refractivity contribution >= 4 is 17.3 Å². The molecule has 94 valence electrons. The highest BCUT2D eigenvalue weighted by atomic mass is 35.5. The maximum atomic E-state index is 5.85. The van der Waals surface area contributed by atoms with Crippen molar-refractivity contribution in [1.29, 1.82) is 0 Å². The lowest BCUT2D eigenvalue weighted by Crippen LogP contribution is -2.15. The monoisotopic (exact) mass is 262 g/mol. The van der Waals surface area contributed by atoms with Gasteiger partial charge in [-0.05, 0) is 37.1 Å². The number of nitrogens with zero attached hydrogens (tertiary/aromatic N) is 3. The Morgan fingerprint density at radius 3 is 2.83 bits per heavy atom. The summed E-state index contributed by atoms with van der Waals surface area (Å²) in [7, 11) is 0. The number of benzene rings is 1. The first-order valence-corrected chi connectivity index (χ1v) is 6.61. The fraction of sp³-hybridized carbons (Fsp3) is 0.385. The minimum Gasteiger partial charge on any atom is -0.378 e. The molecule has 0 fully saturated rings. The van der Waals surface area contributed by atoms with E-state index in [1.165, 1.54) is 12.8 Å². The van der Waals surface area contributed by atoms with Crippen molar-refractivity contribution < 1.29 is 0 Å². The highest BCUT2D eigenvalue weighted by Gasteiger charge is 2.14. The smallest absolute Gasteiger partial charge is 0.152 e. The van der Waals surface area contributed by atoms with Gasteiger partial charge < -0.3 is 9.88 Å². The summed E-state index contributed by atoms with van der Waals surface area (Å²) >= 11 is 5.85. The maximum absolute atomic E-state index is 5.85. The van der Waals surface area contributed by atoms with E-state index < -0.39 is 0 Å².